The van der Waals surface area contributed by atoms with Gasteiger partial charge in [0.1, 0.15) is 0 Å². The van der Waals surface area contributed by atoms with Crippen molar-refractivity contribution < 1.29 is 19.9 Å². The predicted molar refractivity (Wildman–Crippen MR) is 114 cm³/mol. The van der Waals surface area contributed by atoms with Crippen LogP contribution in [0.4, 0.5) is 5.69 Å². The molecule has 0 radical (unpaired) electrons. The fourth-order valence-corrected chi connectivity index (χ4v) is 3.34. The van der Waals surface area contributed by atoms with E-state index in [1.165, 1.54) is 6.07 Å². The summed E-state index contributed by atoms with van der Waals surface area (Å²) in [6.45, 7) is 0. The number of nitro benzene ring substituents is 1. The first-order valence-corrected chi connectivity index (χ1v) is 9.47. The number of hydrogen-bond donors (Lipinski definition) is 3. The molecule has 8 nitrogen and oxygen atoms in total. The highest BCUT2D eigenvalue weighted by Crippen LogP contribution is 2.33. The van der Waals surface area contributed by atoms with Crippen LogP contribution in [0.25, 0.3) is 0 Å². The van der Waals surface area contributed by atoms with Crippen molar-refractivity contribution >= 4 is 33.7 Å². The standard InChI is InChI=1S/C21H16BrN3O5/c22-17-11-14(19(26)18(12-17)25(29)30)13-23-24-20(27)21(28,15-7-3-1-4-8-15)16-9-5-2-6-10-16/h1-13,26,28H,(H,24,27). The van der Waals surface area contributed by atoms with Crippen molar-refractivity contribution in [1.29, 1.82) is 0 Å². The van der Waals surface area contributed by atoms with Gasteiger partial charge < -0.3 is 10.2 Å². The van der Waals surface area contributed by atoms with Crippen molar-refractivity contribution in [3.05, 3.63) is 104 Å². The summed E-state index contributed by atoms with van der Waals surface area (Å²) in [5, 5.41) is 36.2. The number of nitrogens with zero attached hydrogens (tertiary/aromatic N) is 2. The summed E-state index contributed by atoms with van der Waals surface area (Å²) in [7, 11) is 0. The summed E-state index contributed by atoms with van der Waals surface area (Å²) in [6, 6.07) is 19.3. The monoisotopic (exact) mass is 469 g/mol. The van der Waals surface area contributed by atoms with E-state index in [9.17, 15) is 25.1 Å². The maximum absolute atomic E-state index is 12.9. The van der Waals surface area contributed by atoms with Crippen molar-refractivity contribution in [2.24, 2.45) is 5.10 Å². The highest BCUT2D eigenvalue weighted by atomic mass is 79.9. The molecule has 30 heavy (non-hydrogen) atoms. The van der Waals surface area contributed by atoms with Gasteiger partial charge in [-0.15, -0.1) is 0 Å². The number of nitrogens with one attached hydrogen (secondary N) is 1. The molecule has 0 fully saturated rings. The largest absolute Gasteiger partial charge is 0.502 e. The molecule has 0 unspecified atom stereocenters. The van der Waals surface area contributed by atoms with Crippen molar-refractivity contribution in [1.82, 2.24) is 5.43 Å². The van der Waals surface area contributed by atoms with Crippen LogP contribution in [0, 0.1) is 10.1 Å². The molecular weight excluding hydrogens is 454 g/mol. The molecule has 0 aliphatic rings. The van der Waals surface area contributed by atoms with Crippen LogP contribution >= 0.6 is 15.9 Å². The Labute approximate surface area is 179 Å². The highest BCUT2D eigenvalue weighted by molar-refractivity contribution is 9.10. The van der Waals surface area contributed by atoms with Gasteiger partial charge in [-0.05, 0) is 17.2 Å². The molecule has 0 aliphatic heterocycles. The zero-order valence-corrected chi connectivity index (χ0v) is 17.0. The minimum atomic E-state index is -2.02. The topological polar surface area (TPSA) is 125 Å². The van der Waals surface area contributed by atoms with Gasteiger partial charge in [-0.3, -0.25) is 14.9 Å². The maximum atomic E-state index is 12.9. The zero-order chi connectivity index (χ0) is 21.7. The van der Waals surface area contributed by atoms with Gasteiger partial charge in [-0.2, -0.15) is 5.10 Å². The number of phenolic OH excluding ortho intramolecular Hbond substituents is 1. The first kappa shape index (κ1) is 21.2. The second-order valence-electron chi connectivity index (χ2n) is 6.26. The van der Waals surface area contributed by atoms with Crippen LogP contribution in [0.5, 0.6) is 5.75 Å². The van der Waals surface area contributed by atoms with E-state index in [0.29, 0.717) is 15.6 Å². The molecule has 0 aromatic heterocycles. The van der Waals surface area contributed by atoms with Crippen LogP contribution in [0.3, 0.4) is 0 Å². The molecule has 0 saturated carbocycles. The minimum absolute atomic E-state index is 0.0133. The van der Waals surface area contributed by atoms with E-state index >= 15 is 0 Å². The summed E-state index contributed by atoms with van der Waals surface area (Å²) in [5.41, 5.74) is 0.403. The van der Waals surface area contributed by atoms with Crippen molar-refractivity contribution in [3.63, 3.8) is 0 Å². The summed E-state index contributed by atoms with van der Waals surface area (Å²) in [4.78, 5) is 23.2. The summed E-state index contributed by atoms with van der Waals surface area (Å²) >= 11 is 3.12. The number of aliphatic hydroxyl groups is 1. The van der Waals surface area contributed by atoms with Crippen LogP contribution < -0.4 is 5.43 Å². The molecule has 3 rings (SSSR count). The molecular formula is C21H16BrN3O5. The Morgan fingerprint density at radius 2 is 1.60 bits per heavy atom. The first-order valence-electron chi connectivity index (χ1n) is 8.68. The Morgan fingerprint density at radius 1 is 1.07 bits per heavy atom. The molecule has 0 heterocycles. The van der Waals surface area contributed by atoms with Crippen LogP contribution in [0.15, 0.2) is 82.4 Å². The Morgan fingerprint density at radius 3 is 2.10 bits per heavy atom. The summed E-state index contributed by atoms with van der Waals surface area (Å²) in [6.07, 6.45) is 1.06. The van der Waals surface area contributed by atoms with Crippen molar-refractivity contribution in [3.8, 4) is 5.75 Å². The molecule has 0 spiro atoms. The normalized spacial score (nSPS) is 11.4. The highest BCUT2D eigenvalue weighted by Gasteiger charge is 2.39. The average molecular weight is 470 g/mol. The number of nitro groups is 1. The summed E-state index contributed by atoms with van der Waals surface area (Å²) < 4.78 is 0.352. The smallest absolute Gasteiger partial charge is 0.312 e. The van der Waals surface area contributed by atoms with E-state index in [2.05, 4.69) is 26.5 Å². The third-order valence-electron chi connectivity index (χ3n) is 4.36. The molecule has 0 saturated heterocycles. The van der Waals surface area contributed by atoms with Crippen LogP contribution in [0.2, 0.25) is 0 Å². The van der Waals surface area contributed by atoms with Gasteiger partial charge in [0, 0.05) is 16.1 Å². The number of aromatic hydroxyl groups is 1. The molecule has 9 heteroatoms. The molecule has 3 N–H and O–H groups in total. The number of halogens is 1. The fraction of sp³-hybridized carbons (Fsp3) is 0.0476. The number of carbonyl (C=O) groups is 1. The van der Waals surface area contributed by atoms with Gasteiger partial charge in [0.15, 0.2) is 5.60 Å². The number of hydrogen-bond acceptors (Lipinski definition) is 6. The van der Waals surface area contributed by atoms with E-state index in [1.807, 2.05) is 0 Å². The lowest BCUT2D eigenvalue weighted by Gasteiger charge is -2.27. The van der Waals surface area contributed by atoms with Crippen LogP contribution in [-0.2, 0) is 10.4 Å². The number of benzene rings is 3. The third-order valence-corrected chi connectivity index (χ3v) is 4.82. The molecule has 0 atom stereocenters. The van der Waals surface area contributed by atoms with Gasteiger partial charge in [0.05, 0.1) is 11.1 Å². The number of phenols is 1. The van der Waals surface area contributed by atoms with Gasteiger partial charge in [-0.25, -0.2) is 5.43 Å². The minimum Gasteiger partial charge on any atom is -0.502 e. The van der Waals surface area contributed by atoms with Gasteiger partial charge in [-0.1, -0.05) is 76.6 Å². The van der Waals surface area contributed by atoms with Crippen molar-refractivity contribution in [2.45, 2.75) is 5.60 Å². The van der Waals surface area contributed by atoms with E-state index in [-0.39, 0.29) is 5.56 Å². The lowest BCUT2D eigenvalue weighted by molar-refractivity contribution is -0.385. The number of amides is 1. The Bertz CT molecular complexity index is 1060. The molecule has 152 valence electrons. The third kappa shape index (κ3) is 4.22. The van der Waals surface area contributed by atoms with Crippen LogP contribution in [-0.4, -0.2) is 27.3 Å². The van der Waals surface area contributed by atoms with Gasteiger partial charge in [0.2, 0.25) is 5.75 Å². The Hall–Kier alpha value is -3.56. The lowest BCUT2D eigenvalue weighted by atomic mass is 9.85. The molecule has 3 aromatic carbocycles. The number of carbonyl (C=O) groups excluding carboxylic acids is 1. The predicted octanol–water partition coefficient (Wildman–Crippen LogP) is 3.45. The van der Waals surface area contributed by atoms with Gasteiger partial charge >= 0.3 is 5.69 Å². The zero-order valence-electron chi connectivity index (χ0n) is 15.4. The molecule has 0 aliphatic carbocycles. The number of hydrazone groups is 1. The van der Waals surface area contributed by atoms with Crippen LogP contribution in [0.1, 0.15) is 16.7 Å². The molecule has 1 amide bonds. The van der Waals surface area contributed by atoms with Crippen molar-refractivity contribution in [2.75, 3.05) is 0 Å². The fourth-order valence-electron chi connectivity index (χ4n) is 2.87. The molecule has 3 aromatic rings. The second-order valence-corrected chi connectivity index (χ2v) is 7.18. The SMILES string of the molecule is O=C(NN=Cc1cc(Br)cc([N+](=O)[O-])c1O)C(O)(c1ccccc1)c1ccccc1. The average Bonchev–Trinajstić information content (AvgIpc) is 2.76. The quantitative estimate of drug-likeness (QED) is 0.289. The number of rotatable bonds is 6. The van der Waals surface area contributed by atoms with Gasteiger partial charge in [0.25, 0.3) is 5.91 Å². The second kappa shape index (κ2) is 8.85. The Kier molecular flexibility index (Phi) is 6.24. The Balaban J connectivity index is 1.92. The lowest BCUT2D eigenvalue weighted by Crippen LogP contribution is -2.43. The van der Waals surface area contributed by atoms with E-state index in [4.69, 9.17) is 0 Å². The first-order chi connectivity index (χ1) is 14.3. The van der Waals surface area contributed by atoms with E-state index in [0.717, 1.165) is 12.3 Å². The maximum Gasteiger partial charge on any atom is 0.312 e. The molecule has 0 bridgehead atoms. The van der Waals surface area contributed by atoms with E-state index in [1.54, 1.807) is 60.7 Å². The van der Waals surface area contributed by atoms with E-state index < -0.39 is 27.9 Å². The summed E-state index contributed by atoms with van der Waals surface area (Å²) in [5.74, 6) is -1.43.